The Morgan fingerprint density at radius 2 is 2.00 bits per heavy atom. The zero-order chi connectivity index (χ0) is 15.9. The number of rotatable bonds is 4. The highest BCUT2D eigenvalue weighted by atomic mass is 17.5. The summed E-state index contributed by atoms with van der Waals surface area (Å²) in [5.74, 6) is -0.227. The van der Waals surface area contributed by atoms with E-state index in [4.69, 9.17) is 4.74 Å². The fourth-order valence-electron chi connectivity index (χ4n) is 2.54. The van der Waals surface area contributed by atoms with Crippen LogP contribution in [0.2, 0.25) is 0 Å². The van der Waals surface area contributed by atoms with Gasteiger partial charge in [0.15, 0.2) is 0 Å². The third-order valence-electron chi connectivity index (χ3n) is 3.62. The normalized spacial score (nSPS) is 21.0. The lowest BCUT2D eigenvalue weighted by molar-refractivity contribution is -0.453. The van der Waals surface area contributed by atoms with E-state index in [0.717, 1.165) is 31.2 Å². The molecule has 0 aliphatic heterocycles. The van der Waals surface area contributed by atoms with Crippen LogP contribution >= 0.6 is 0 Å². The van der Waals surface area contributed by atoms with Crippen LogP contribution in [0.25, 0.3) is 0 Å². The molecule has 2 atom stereocenters. The van der Waals surface area contributed by atoms with E-state index < -0.39 is 12.1 Å². The SMILES string of the molecule is Cc1cccc(C(=O)OOOC(=O)OC2CCCC(C)C2)c1. The van der Waals surface area contributed by atoms with Gasteiger partial charge in [0.2, 0.25) is 0 Å². The quantitative estimate of drug-likeness (QED) is 0.479. The van der Waals surface area contributed by atoms with E-state index in [9.17, 15) is 9.59 Å². The summed E-state index contributed by atoms with van der Waals surface area (Å²) in [7, 11) is 0. The Balaban J connectivity index is 1.69. The van der Waals surface area contributed by atoms with Crippen molar-refractivity contribution < 1.29 is 29.1 Å². The molecule has 0 N–H and O–H groups in total. The molecule has 0 saturated heterocycles. The number of aryl methyl sites for hydroxylation is 1. The first-order chi connectivity index (χ1) is 10.5. The molecule has 1 saturated carbocycles. The highest BCUT2D eigenvalue weighted by molar-refractivity contribution is 5.89. The monoisotopic (exact) mass is 308 g/mol. The lowest BCUT2D eigenvalue weighted by atomic mass is 9.89. The molecule has 22 heavy (non-hydrogen) atoms. The number of hydrogen-bond acceptors (Lipinski definition) is 6. The zero-order valence-corrected chi connectivity index (χ0v) is 12.7. The average Bonchev–Trinajstić information content (AvgIpc) is 2.47. The third kappa shape index (κ3) is 5.04. The van der Waals surface area contributed by atoms with E-state index >= 15 is 0 Å². The minimum absolute atomic E-state index is 0.174. The molecule has 1 aliphatic carbocycles. The van der Waals surface area contributed by atoms with Gasteiger partial charge >= 0.3 is 12.1 Å². The van der Waals surface area contributed by atoms with Crippen LogP contribution in [-0.2, 0) is 19.6 Å². The van der Waals surface area contributed by atoms with Gasteiger partial charge in [0.25, 0.3) is 0 Å². The summed E-state index contributed by atoms with van der Waals surface area (Å²) in [4.78, 5) is 31.8. The zero-order valence-electron chi connectivity index (χ0n) is 12.7. The van der Waals surface area contributed by atoms with E-state index in [1.165, 1.54) is 0 Å². The third-order valence-corrected chi connectivity index (χ3v) is 3.62. The van der Waals surface area contributed by atoms with Gasteiger partial charge in [-0.2, -0.15) is 0 Å². The van der Waals surface area contributed by atoms with Gasteiger partial charge in [0.05, 0.1) is 10.6 Å². The molecular formula is C16H20O6. The number of benzene rings is 1. The van der Waals surface area contributed by atoms with Crippen molar-refractivity contribution in [3.8, 4) is 0 Å². The lowest BCUT2D eigenvalue weighted by Gasteiger charge is -2.25. The molecule has 2 rings (SSSR count). The molecule has 1 aliphatic rings. The van der Waals surface area contributed by atoms with Crippen LogP contribution in [-0.4, -0.2) is 18.2 Å². The van der Waals surface area contributed by atoms with Gasteiger partial charge in [-0.3, -0.25) is 4.89 Å². The number of ether oxygens (including phenoxy) is 1. The smallest absolute Gasteiger partial charge is 0.429 e. The molecule has 6 nitrogen and oxygen atoms in total. The Labute approximate surface area is 129 Å². The van der Waals surface area contributed by atoms with E-state index in [-0.39, 0.29) is 6.10 Å². The maximum atomic E-state index is 11.6. The Kier molecular flexibility index (Phi) is 5.77. The predicted octanol–water partition coefficient (Wildman–Crippen LogP) is 3.73. The van der Waals surface area contributed by atoms with Crippen molar-refractivity contribution in [2.75, 3.05) is 0 Å². The van der Waals surface area contributed by atoms with Crippen molar-refractivity contribution in [2.45, 2.75) is 45.6 Å². The van der Waals surface area contributed by atoms with E-state index in [2.05, 4.69) is 21.7 Å². The lowest BCUT2D eigenvalue weighted by Crippen LogP contribution is -2.25. The van der Waals surface area contributed by atoms with Crippen LogP contribution < -0.4 is 0 Å². The summed E-state index contributed by atoms with van der Waals surface area (Å²) in [6.45, 7) is 3.96. The van der Waals surface area contributed by atoms with Crippen molar-refractivity contribution in [3.63, 3.8) is 0 Å². The molecule has 6 heteroatoms. The van der Waals surface area contributed by atoms with Gasteiger partial charge in [0.1, 0.15) is 6.10 Å². The average molecular weight is 308 g/mol. The molecule has 2 unspecified atom stereocenters. The summed E-state index contributed by atoms with van der Waals surface area (Å²) in [5.41, 5.74) is 1.21. The summed E-state index contributed by atoms with van der Waals surface area (Å²) in [6.07, 6.45) is 2.59. The van der Waals surface area contributed by atoms with Gasteiger partial charge in [-0.25, -0.2) is 14.5 Å². The molecular weight excluding hydrogens is 288 g/mol. The molecule has 1 fully saturated rings. The first-order valence-corrected chi connectivity index (χ1v) is 7.37. The molecule has 0 amide bonds. The molecule has 0 spiro atoms. The minimum atomic E-state index is -1.00. The van der Waals surface area contributed by atoms with Gasteiger partial charge in [-0.1, -0.05) is 31.0 Å². The number of carbonyl (C=O) groups is 2. The second-order valence-corrected chi connectivity index (χ2v) is 5.65. The number of hydrogen-bond donors (Lipinski definition) is 0. The van der Waals surface area contributed by atoms with Crippen LogP contribution in [0.5, 0.6) is 0 Å². The first-order valence-electron chi connectivity index (χ1n) is 7.37. The second kappa shape index (κ2) is 7.79. The van der Waals surface area contributed by atoms with E-state index in [1.807, 2.05) is 13.0 Å². The first kappa shape index (κ1) is 16.3. The molecule has 0 bridgehead atoms. The molecule has 120 valence electrons. The minimum Gasteiger partial charge on any atom is -0.429 e. The van der Waals surface area contributed by atoms with Gasteiger partial charge < -0.3 is 4.74 Å². The van der Waals surface area contributed by atoms with Crippen molar-refractivity contribution in [1.29, 1.82) is 0 Å². The van der Waals surface area contributed by atoms with Crippen LogP contribution in [0, 0.1) is 12.8 Å². The van der Waals surface area contributed by atoms with Crippen molar-refractivity contribution in [2.24, 2.45) is 5.92 Å². The Bertz CT molecular complexity index is 527. The Morgan fingerprint density at radius 1 is 1.18 bits per heavy atom. The molecule has 0 radical (unpaired) electrons. The summed E-state index contributed by atoms with van der Waals surface area (Å²) < 4.78 is 5.09. The Morgan fingerprint density at radius 3 is 2.73 bits per heavy atom. The van der Waals surface area contributed by atoms with Crippen molar-refractivity contribution >= 4 is 12.1 Å². The van der Waals surface area contributed by atoms with Crippen LogP contribution in [0.15, 0.2) is 24.3 Å². The van der Waals surface area contributed by atoms with Crippen LogP contribution in [0.4, 0.5) is 4.79 Å². The highest BCUT2D eigenvalue weighted by Gasteiger charge is 2.23. The maximum absolute atomic E-state index is 11.6. The van der Waals surface area contributed by atoms with Gasteiger partial charge in [0, 0.05) is 0 Å². The summed E-state index contributed by atoms with van der Waals surface area (Å²) in [6, 6.07) is 6.76. The fourth-order valence-corrected chi connectivity index (χ4v) is 2.54. The molecule has 1 aromatic rings. The van der Waals surface area contributed by atoms with E-state index in [0.29, 0.717) is 11.5 Å². The van der Waals surface area contributed by atoms with Crippen LogP contribution in [0.3, 0.4) is 0 Å². The van der Waals surface area contributed by atoms with Crippen molar-refractivity contribution in [1.82, 2.24) is 0 Å². The molecule has 0 heterocycles. The second-order valence-electron chi connectivity index (χ2n) is 5.65. The van der Waals surface area contributed by atoms with Gasteiger partial charge in [-0.15, -0.1) is 0 Å². The highest BCUT2D eigenvalue weighted by Crippen LogP contribution is 2.25. The fraction of sp³-hybridized carbons (Fsp3) is 0.500. The Hall–Kier alpha value is -2.08. The van der Waals surface area contributed by atoms with Crippen molar-refractivity contribution in [3.05, 3.63) is 35.4 Å². The largest absolute Gasteiger partial charge is 0.543 e. The summed E-state index contributed by atoms with van der Waals surface area (Å²) in [5, 5.41) is 4.20. The topological polar surface area (TPSA) is 71.1 Å². The summed E-state index contributed by atoms with van der Waals surface area (Å²) >= 11 is 0. The standard InChI is InChI=1S/C16H20O6/c1-11-5-3-7-13(9-11)15(17)20-22-21-16(18)19-14-8-4-6-12(2)10-14/h3,5,7,9,12,14H,4,6,8,10H2,1-2H3. The number of carbonyl (C=O) groups excluding carboxylic acids is 2. The predicted molar refractivity (Wildman–Crippen MR) is 76.7 cm³/mol. The van der Waals surface area contributed by atoms with E-state index in [1.54, 1.807) is 18.2 Å². The van der Waals surface area contributed by atoms with Crippen LogP contribution in [0.1, 0.15) is 48.5 Å². The molecule has 1 aromatic carbocycles. The molecule has 0 aromatic heterocycles. The van der Waals surface area contributed by atoms with Gasteiger partial charge in [-0.05, 0) is 44.2 Å². The maximum Gasteiger partial charge on any atom is 0.543 e.